The second-order valence-corrected chi connectivity index (χ2v) is 8.94. The summed E-state index contributed by atoms with van der Waals surface area (Å²) in [5.41, 5.74) is 4.37. The summed E-state index contributed by atoms with van der Waals surface area (Å²) in [5.74, 6) is -0.0440. The van der Waals surface area contributed by atoms with Gasteiger partial charge in [-0.05, 0) is 53.4 Å². The topological polar surface area (TPSA) is 58.1 Å². The van der Waals surface area contributed by atoms with Gasteiger partial charge in [0, 0.05) is 37.1 Å². The molecule has 0 atom stereocenters. The van der Waals surface area contributed by atoms with Crippen molar-refractivity contribution in [3.63, 3.8) is 0 Å². The Bertz CT molecular complexity index is 1380. The van der Waals surface area contributed by atoms with Gasteiger partial charge in [0.2, 0.25) is 0 Å². The minimum absolute atomic E-state index is 0.0440. The Morgan fingerprint density at radius 2 is 1.51 bits per heavy atom. The van der Waals surface area contributed by atoms with E-state index in [4.69, 9.17) is 0 Å². The molecule has 0 aliphatic heterocycles. The van der Waals surface area contributed by atoms with Crippen LogP contribution in [0.25, 0.3) is 10.9 Å². The van der Waals surface area contributed by atoms with Crippen LogP contribution >= 0.6 is 11.9 Å². The van der Waals surface area contributed by atoms with Crippen LogP contribution in [0.15, 0.2) is 121 Å². The van der Waals surface area contributed by atoms with E-state index in [1.54, 1.807) is 18.6 Å². The number of rotatable bonds is 8. The molecule has 0 aliphatic rings. The van der Waals surface area contributed by atoms with Gasteiger partial charge in [-0.15, -0.1) is 0 Å². The third-order valence-corrected chi connectivity index (χ3v) is 6.50. The standard InChI is InChI=1S/C29H24N4OS/c34-29(33(20-22-9-2-1-3-10-22)21-23-11-7-17-30-19-23)25-14-4-5-15-26(25)32-35-27-16-6-12-24-13-8-18-31-28(24)27/h1-19,32H,20-21H2. The van der Waals surface area contributed by atoms with Gasteiger partial charge >= 0.3 is 0 Å². The molecule has 3 aromatic carbocycles. The number of para-hydroxylation sites is 2. The highest BCUT2D eigenvalue weighted by atomic mass is 32.2. The molecular formula is C29H24N4OS. The molecule has 0 spiro atoms. The van der Waals surface area contributed by atoms with Crippen molar-refractivity contribution in [3.8, 4) is 0 Å². The molecule has 6 heteroatoms. The molecule has 0 aliphatic carbocycles. The summed E-state index contributed by atoms with van der Waals surface area (Å²) in [7, 11) is 0. The lowest BCUT2D eigenvalue weighted by Gasteiger charge is -2.24. The molecule has 2 heterocycles. The minimum Gasteiger partial charge on any atom is -0.330 e. The van der Waals surface area contributed by atoms with Crippen molar-refractivity contribution < 1.29 is 4.79 Å². The molecule has 0 radical (unpaired) electrons. The van der Waals surface area contributed by atoms with E-state index < -0.39 is 0 Å². The molecule has 0 bridgehead atoms. The van der Waals surface area contributed by atoms with Gasteiger partial charge in [-0.3, -0.25) is 14.8 Å². The number of nitrogens with one attached hydrogen (secondary N) is 1. The van der Waals surface area contributed by atoms with Crippen LogP contribution in [-0.2, 0) is 13.1 Å². The molecule has 1 N–H and O–H groups in total. The fourth-order valence-electron chi connectivity index (χ4n) is 3.91. The van der Waals surface area contributed by atoms with Gasteiger partial charge < -0.3 is 9.62 Å². The van der Waals surface area contributed by atoms with Crippen molar-refractivity contribution in [3.05, 3.63) is 132 Å². The molecule has 0 saturated heterocycles. The maximum atomic E-state index is 13.8. The van der Waals surface area contributed by atoms with Crippen molar-refractivity contribution in [1.29, 1.82) is 0 Å². The highest BCUT2D eigenvalue weighted by Crippen LogP contribution is 2.29. The Kier molecular flexibility index (Phi) is 7.01. The van der Waals surface area contributed by atoms with Crippen molar-refractivity contribution in [2.24, 2.45) is 0 Å². The van der Waals surface area contributed by atoms with Gasteiger partial charge in [-0.1, -0.05) is 66.7 Å². The first-order chi connectivity index (χ1) is 17.3. The van der Waals surface area contributed by atoms with E-state index in [0.717, 1.165) is 32.6 Å². The number of pyridine rings is 2. The number of aromatic nitrogens is 2. The molecule has 0 unspecified atom stereocenters. The predicted molar refractivity (Wildman–Crippen MR) is 142 cm³/mol. The van der Waals surface area contributed by atoms with Crippen LogP contribution in [0.5, 0.6) is 0 Å². The lowest BCUT2D eigenvalue weighted by molar-refractivity contribution is 0.0731. The van der Waals surface area contributed by atoms with E-state index in [9.17, 15) is 4.79 Å². The van der Waals surface area contributed by atoms with Crippen molar-refractivity contribution >= 4 is 34.4 Å². The van der Waals surface area contributed by atoms with Gasteiger partial charge in [0.1, 0.15) is 0 Å². The van der Waals surface area contributed by atoms with Crippen molar-refractivity contribution in [2.75, 3.05) is 4.72 Å². The second-order valence-electron chi connectivity index (χ2n) is 8.09. The number of carbonyl (C=O) groups excluding carboxylic acids is 1. The van der Waals surface area contributed by atoms with Gasteiger partial charge in [0.25, 0.3) is 5.91 Å². The number of anilines is 1. The quantitative estimate of drug-likeness (QED) is 0.256. The first-order valence-electron chi connectivity index (χ1n) is 11.4. The van der Waals surface area contributed by atoms with E-state index in [2.05, 4.69) is 14.7 Å². The highest BCUT2D eigenvalue weighted by molar-refractivity contribution is 8.00. The molecule has 2 aromatic heterocycles. The summed E-state index contributed by atoms with van der Waals surface area (Å²) < 4.78 is 3.40. The van der Waals surface area contributed by atoms with E-state index in [-0.39, 0.29) is 5.91 Å². The Morgan fingerprint density at radius 1 is 0.771 bits per heavy atom. The largest absolute Gasteiger partial charge is 0.330 e. The summed E-state index contributed by atoms with van der Waals surface area (Å²) in [6.07, 6.45) is 5.34. The Balaban J connectivity index is 1.41. The molecule has 0 saturated carbocycles. The Morgan fingerprint density at radius 3 is 2.37 bits per heavy atom. The van der Waals surface area contributed by atoms with Crippen LogP contribution in [0.1, 0.15) is 21.5 Å². The van der Waals surface area contributed by atoms with E-state index in [0.29, 0.717) is 18.7 Å². The molecule has 5 rings (SSSR count). The average Bonchev–Trinajstić information content (AvgIpc) is 2.92. The van der Waals surface area contributed by atoms with Crippen LogP contribution in [0.4, 0.5) is 5.69 Å². The van der Waals surface area contributed by atoms with Crippen LogP contribution in [0, 0.1) is 0 Å². The SMILES string of the molecule is O=C(c1ccccc1NSc1cccc2cccnc12)N(Cc1ccccc1)Cc1cccnc1. The van der Waals surface area contributed by atoms with Crippen molar-refractivity contribution in [2.45, 2.75) is 18.0 Å². The fraction of sp³-hybridized carbons (Fsp3) is 0.0690. The number of hydrogen-bond acceptors (Lipinski definition) is 5. The smallest absolute Gasteiger partial charge is 0.256 e. The summed E-state index contributed by atoms with van der Waals surface area (Å²) in [6, 6.07) is 31.6. The summed E-state index contributed by atoms with van der Waals surface area (Å²) in [5, 5.41) is 1.08. The number of fused-ring (bicyclic) bond motifs is 1. The van der Waals surface area contributed by atoms with Gasteiger partial charge in [0.15, 0.2) is 0 Å². The molecule has 5 nitrogen and oxygen atoms in total. The summed E-state index contributed by atoms with van der Waals surface area (Å²) in [6.45, 7) is 0.972. The average molecular weight is 477 g/mol. The number of carbonyl (C=O) groups is 1. The zero-order chi connectivity index (χ0) is 23.9. The lowest BCUT2D eigenvalue weighted by atomic mass is 10.1. The molecule has 1 amide bonds. The maximum Gasteiger partial charge on any atom is 0.256 e. The van der Waals surface area contributed by atoms with E-state index in [1.807, 2.05) is 102 Å². The molecule has 0 fully saturated rings. The zero-order valence-electron chi connectivity index (χ0n) is 19.0. The highest BCUT2D eigenvalue weighted by Gasteiger charge is 2.20. The van der Waals surface area contributed by atoms with E-state index in [1.165, 1.54) is 11.9 Å². The zero-order valence-corrected chi connectivity index (χ0v) is 19.9. The Hall–Kier alpha value is -4.16. The second kappa shape index (κ2) is 10.8. The van der Waals surface area contributed by atoms with Crippen LogP contribution in [0.2, 0.25) is 0 Å². The number of amides is 1. The third kappa shape index (κ3) is 5.50. The Labute approximate surface area is 209 Å². The number of hydrogen-bond donors (Lipinski definition) is 1. The predicted octanol–water partition coefficient (Wildman–Crippen LogP) is 6.59. The normalized spacial score (nSPS) is 10.7. The van der Waals surface area contributed by atoms with E-state index >= 15 is 0 Å². The molecule has 5 aromatic rings. The fourth-order valence-corrected chi connectivity index (χ4v) is 4.72. The van der Waals surface area contributed by atoms with Crippen LogP contribution in [0.3, 0.4) is 0 Å². The monoisotopic (exact) mass is 476 g/mol. The number of benzene rings is 3. The van der Waals surface area contributed by atoms with Crippen molar-refractivity contribution in [1.82, 2.24) is 14.9 Å². The summed E-state index contributed by atoms with van der Waals surface area (Å²) >= 11 is 1.46. The first-order valence-corrected chi connectivity index (χ1v) is 12.2. The lowest BCUT2D eigenvalue weighted by Crippen LogP contribution is -2.30. The van der Waals surface area contributed by atoms with Gasteiger partial charge in [0.05, 0.1) is 21.7 Å². The van der Waals surface area contributed by atoms with Gasteiger partial charge in [-0.2, -0.15) is 0 Å². The van der Waals surface area contributed by atoms with Crippen LogP contribution < -0.4 is 4.72 Å². The van der Waals surface area contributed by atoms with Crippen LogP contribution in [-0.4, -0.2) is 20.8 Å². The maximum absolute atomic E-state index is 13.8. The summed E-state index contributed by atoms with van der Waals surface area (Å²) in [4.78, 5) is 25.5. The van der Waals surface area contributed by atoms with Gasteiger partial charge in [-0.25, -0.2) is 0 Å². The molecule has 35 heavy (non-hydrogen) atoms. The molecule has 172 valence electrons. The first kappa shape index (κ1) is 22.6. The molecular weight excluding hydrogens is 452 g/mol. The minimum atomic E-state index is -0.0440. The third-order valence-electron chi connectivity index (χ3n) is 5.62. The number of nitrogens with zero attached hydrogens (tertiary/aromatic N) is 3.